The van der Waals surface area contributed by atoms with E-state index in [9.17, 15) is 9.59 Å². The zero-order valence-electron chi connectivity index (χ0n) is 14.5. The second-order valence-corrected chi connectivity index (χ2v) is 7.00. The van der Waals surface area contributed by atoms with Crippen LogP contribution >= 0.6 is 11.6 Å². The van der Waals surface area contributed by atoms with Gasteiger partial charge in [0.1, 0.15) is 0 Å². The third kappa shape index (κ3) is 5.49. The van der Waals surface area contributed by atoms with Crippen molar-refractivity contribution in [2.45, 2.75) is 45.1 Å². The van der Waals surface area contributed by atoms with E-state index < -0.39 is 0 Å². The standard InChI is InChI=1S/C18H26ClN3O2/c1-13-15(19)9-6-10-16(13)21-17(23)11-20-18(24)12-22(2)14-7-4-3-5-8-14/h6,9-10,14H,3-5,7-8,11-12H2,1-2H3,(H,20,24)(H,21,23)/p+1. The van der Waals surface area contributed by atoms with Crippen molar-refractivity contribution in [3.8, 4) is 0 Å². The fourth-order valence-corrected chi connectivity index (χ4v) is 3.35. The predicted molar refractivity (Wildman–Crippen MR) is 96.5 cm³/mol. The number of amides is 2. The fraction of sp³-hybridized carbons (Fsp3) is 0.556. The Hall–Kier alpha value is -1.59. The van der Waals surface area contributed by atoms with Gasteiger partial charge in [0.2, 0.25) is 5.91 Å². The highest BCUT2D eigenvalue weighted by Gasteiger charge is 2.23. The maximum atomic E-state index is 12.0. The summed E-state index contributed by atoms with van der Waals surface area (Å²) >= 11 is 6.03. The normalized spacial score (nSPS) is 16.5. The van der Waals surface area contributed by atoms with Crippen LogP contribution in [0.5, 0.6) is 0 Å². The molecule has 6 heteroatoms. The largest absolute Gasteiger partial charge is 0.342 e. The molecule has 1 aliphatic carbocycles. The summed E-state index contributed by atoms with van der Waals surface area (Å²) in [6, 6.07) is 5.92. The molecule has 1 saturated carbocycles. The lowest BCUT2D eigenvalue weighted by molar-refractivity contribution is -0.899. The van der Waals surface area contributed by atoms with Crippen LogP contribution in [0, 0.1) is 6.92 Å². The number of hydrogen-bond donors (Lipinski definition) is 3. The lowest BCUT2D eigenvalue weighted by Crippen LogP contribution is -3.14. The number of benzene rings is 1. The van der Waals surface area contributed by atoms with Crippen LogP contribution in [0.2, 0.25) is 5.02 Å². The van der Waals surface area contributed by atoms with E-state index >= 15 is 0 Å². The van der Waals surface area contributed by atoms with Gasteiger partial charge >= 0.3 is 0 Å². The Labute approximate surface area is 148 Å². The molecule has 0 aromatic heterocycles. The second-order valence-electron chi connectivity index (χ2n) is 6.60. The van der Waals surface area contributed by atoms with Crippen molar-refractivity contribution in [3.05, 3.63) is 28.8 Å². The minimum Gasteiger partial charge on any atom is -0.342 e. The molecule has 0 aliphatic heterocycles. The van der Waals surface area contributed by atoms with Crippen LogP contribution in [0.1, 0.15) is 37.7 Å². The SMILES string of the molecule is Cc1c(Cl)cccc1NC(=O)CNC(=O)C[NH+](C)C1CCCCC1. The number of likely N-dealkylation sites (N-methyl/N-ethyl adjacent to an activating group) is 1. The molecule has 0 bridgehead atoms. The Bertz CT molecular complexity index is 586. The van der Waals surface area contributed by atoms with Crippen molar-refractivity contribution in [3.63, 3.8) is 0 Å². The molecule has 24 heavy (non-hydrogen) atoms. The molecule has 0 saturated heterocycles. The van der Waals surface area contributed by atoms with E-state index in [2.05, 4.69) is 17.7 Å². The van der Waals surface area contributed by atoms with Crippen molar-refractivity contribution < 1.29 is 14.5 Å². The van der Waals surface area contributed by atoms with Gasteiger partial charge in [0.15, 0.2) is 6.54 Å². The van der Waals surface area contributed by atoms with Gasteiger partial charge in [-0.3, -0.25) is 9.59 Å². The van der Waals surface area contributed by atoms with E-state index in [-0.39, 0.29) is 18.4 Å². The average molecular weight is 353 g/mol. The highest BCUT2D eigenvalue weighted by Crippen LogP contribution is 2.22. The Balaban J connectivity index is 1.74. The van der Waals surface area contributed by atoms with Gasteiger partial charge < -0.3 is 15.5 Å². The average Bonchev–Trinajstić information content (AvgIpc) is 2.58. The molecule has 1 aromatic rings. The number of rotatable bonds is 6. The number of hydrogen-bond acceptors (Lipinski definition) is 2. The van der Waals surface area contributed by atoms with E-state index in [1.54, 1.807) is 18.2 Å². The summed E-state index contributed by atoms with van der Waals surface area (Å²) in [6.07, 6.45) is 6.19. The number of nitrogens with one attached hydrogen (secondary N) is 3. The number of carbonyl (C=O) groups is 2. The van der Waals surface area contributed by atoms with Gasteiger partial charge in [-0.05, 0) is 50.3 Å². The molecule has 1 aromatic carbocycles. The maximum absolute atomic E-state index is 12.0. The van der Waals surface area contributed by atoms with Gasteiger partial charge in [0.05, 0.1) is 19.6 Å². The van der Waals surface area contributed by atoms with E-state index in [1.807, 2.05) is 6.92 Å². The molecule has 0 spiro atoms. The summed E-state index contributed by atoms with van der Waals surface area (Å²) in [7, 11) is 2.06. The van der Waals surface area contributed by atoms with Gasteiger partial charge in [-0.25, -0.2) is 0 Å². The highest BCUT2D eigenvalue weighted by atomic mass is 35.5. The molecule has 132 valence electrons. The van der Waals surface area contributed by atoms with Crippen LogP contribution in [0.25, 0.3) is 0 Å². The second kappa shape index (κ2) is 9.04. The summed E-state index contributed by atoms with van der Waals surface area (Å²) in [5.41, 5.74) is 1.49. The minimum absolute atomic E-state index is 0.0251. The molecule has 5 nitrogen and oxygen atoms in total. The number of quaternary nitrogens is 1. The molecular weight excluding hydrogens is 326 g/mol. The number of carbonyl (C=O) groups excluding carboxylic acids is 2. The summed E-state index contributed by atoms with van der Waals surface area (Å²) in [5, 5.41) is 6.09. The van der Waals surface area contributed by atoms with Crippen molar-refractivity contribution in [2.75, 3.05) is 25.5 Å². The van der Waals surface area contributed by atoms with Crippen molar-refractivity contribution in [2.24, 2.45) is 0 Å². The zero-order chi connectivity index (χ0) is 17.5. The molecule has 1 unspecified atom stereocenters. The predicted octanol–water partition coefficient (Wildman–Crippen LogP) is 1.55. The molecule has 2 rings (SSSR count). The minimum atomic E-state index is -0.246. The summed E-state index contributed by atoms with van der Waals surface area (Å²) in [5.74, 6) is -0.333. The van der Waals surface area contributed by atoms with E-state index in [4.69, 9.17) is 11.6 Å². The van der Waals surface area contributed by atoms with Gasteiger partial charge in [0.25, 0.3) is 5.91 Å². The van der Waals surface area contributed by atoms with E-state index in [1.165, 1.54) is 37.0 Å². The molecule has 1 fully saturated rings. The quantitative estimate of drug-likeness (QED) is 0.727. The van der Waals surface area contributed by atoms with E-state index in [0.717, 1.165) is 5.56 Å². The van der Waals surface area contributed by atoms with Crippen LogP contribution in [-0.4, -0.2) is 38.0 Å². The Morgan fingerprint density at radius 1 is 1.21 bits per heavy atom. The Morgan fingerprint density at radius 3 is 2.62 bits per heavy atom. The van der Waals surface area contributed by atoms with Gasteiger partial charge in [-0.1, -0.05) is 24.1 Å². The fourth-order valence-electron chi connectivity index (χ4n) is 3.17. The topological polar surface area (TPSA) is 62.6 Å². The monoisotopic (exact) mass is 352 g/mol. The lowest BCUT2D eigenvalue weighted by Gasteiger charge is -2.27. The number of anilines is 1. The zero-order valence-corrected chi connectivity index (χ0v) is 15.2. The Kier molecular flexibility index (Phi) is 7.06. The summed E-state index contributed by atoms with van der Waals surface area (Å²) in [4.78, 5) is 25.3. The van der Waals surface area contributed by atoms with Gasteiger partial charge in [0, 0.05) is 10.7 Å². The van der Waals surface area contributed by atoms with Gasteiger partial charge in [-0.15, -0.1) is 0 Å². The molecule has 3 N–H and O–H groups in total. The summed E-state index contributed by atoms with van der Waals surface area (Å²) in [6.45, 7) is 2.23. The highest BCUT2D eigenvalue weighted by molar-refractivity contribution is 6.31. The van der Waals surface area contributed by atoms with Crippen molar-refractivity contribution in [1.82, 2.24) is 5.32 Å². The first-order chi connectivity index (χ1) is 11.5. The first kappa shape index (κ1) is 18.7. The van der Waals surface area contributed by atoms with Crippen LogP contribution < -0.4 is 15.5 Å². The molecular formula is C18H27ClN3O2+. The van der Waals surface area contributed by atoms with Crippen molar-refractivity contribution in [1.29, 1.82) is 0 Å². The maximum Gasteiger partial charge on any atom is 0.275 e. The molecule has 2 amide bonds. The Morgan fingerprint density at radius 2 is 1.92 bits per heavy atom. The number of halogens is 1. The lowest BCUT2D eigenvalue weighted by atomic mass is 9.94. The third-order valence-electron chi connectivity index (χ3n) is 4.73. The van der Waals surface area contributed by atoms with Crippen LogP contribution in [0.4, 0.5) is 5.69 Å². The van der Waals surface area contributed by atoms with E-state index in [0.29, 0.717) is 23.3 Å². The van der Waals surface area contributed by atoms with Crippen LogP contribution in [-0.2, 0) is 9.59 Å². The smallest absolute Gasteiger partial charge is 0.275 e. The summed E-state index contributed by atoms with van der Waals surface area (Å²) < 4.78 is 0. The first-order valence-electron chi connectivity index (χ1n) is 8.61. The van der Waals surface area contributed by atoms with Crippen molar-refractivity contribution >= 4 is 29.1 Å². The molecule has 1 aliphatic rings. The van der Waals surface area contributed by atoms with Gasteiger partial charge in [-0.2, -0.15) is 0 Å². The molecule has 0 heterocycles. The molecule has 0 radical (unpaired) electrons. The molecule has 1 atom stereocenters. The third-order valence-corrected chi connectivity index (χ3v) is 5.14. The first-order valence-corrected chi connectivity index (χ1v) is 8.99. The van der Waals surface area contributed by atoms with Crippen LogP contribution in [0.15, 0.2) is 18.2 Å². The van der Waals surface area contributed by atoms with Crippen LogP contribution in [0.3, 0.4) is 0 Å².